The van der Waals surface area contributed by atoms with Gasteiger partial charge in [0, 0.05) is 0 Å². The molecule has 0 unspecified atom stereocenters. The molecule has 0 atom stereocenters. The summed E-state index contributed by atoms with van der Waals surface area (Å²) in [5, 5.41) is 0. The molecule has 0 saturated heterocycles. The smallest absolute Gasteiger partial charge is 0.357 e. The van der Waals surface area contributed by atoms with Gasteiger partial charge in [0.1, 0.15) is 11.9 Å². The first-order valence-electron chi connectivity index (χ1n) is 8.29. The molecule has 0 radical (unpaired) electrons. The number of hydrogen-bond acceptors (Lipinski definition) is 4. The van der Waals surface area contributed by atoms with Crippen LogP contribution in [0.1, 0.15) is 79.0 Å². The Kier molecular flexibility index (Phi) is 10.1. The molecule has 0 spiro atoms. The van der Waals surface area contributed by atoms with Crippen LogP contribution in [0, 0.1) is 0 Å². The van der Waals surface area contributed by atoms with Crippen molar-refractivity contribution in [3.63, 3.8) is 0 Å². The number of benzene rings is 1. The van der Waals surface area contributed by atoms with E-state index in [0.29, 0.717) is 6.61 Å². The normalized spacial score (nSPS) is 10.3. The van der Waals surface area contributed by atoms with E-state index >= 15 is 0 Å². The Labute approximate surface area is 143 Å². The molecule has 0 aliphatic rings. The van der Waals surface area contributed by atoms with Crippen molar-refractivity contribution in [2.75, 3.05) is 6.61 Å². The summed E-state index contributed by atoms with van der Waals surface area (Å²) in [7, 11) is 0. The first-order chi connectivity index (χ1) is 11.2. The van der Waals surface area contributed by atoms with Crippen LogP contribution in [0.4, 0.5) is 0 Å². The third-order valence-corrected chi connectivity index (χ3v) is 3.81. The third kappa shape index (κ3) is 7.51. The number of carbonyl (C=O) groups is 2. The summed E-state index contributed by atoms with van der Waals surface area (Å²) < 4.78 is 9.37. The number of hydrogen-bond donors (Lipinski definition) is 0. The van der Waals surface area contributed by atoms with Crippen LogP contribution in [0.15, 0.2) is 24.3 Å². The van der Waals surface area contributed by atoms with Gasteiger partial charge in [-0.05, 0) is 18.6 Å². The number of unbranched alkanes of at least 4 members (excludes halogenated alkanes) is 7. The molecule has 23 heavy (non-hydrogen) atoms. The van der Waals surface area contributed by atoms with Crippen molar-refractivity contribution in [3.05, 3.63) is 35.4 Å². The van der Waals surface area contributed by atoms with Gasteiger partial charge in [-0.15, -0.1) is 0 Å². The summed E-state index contributed by atoms with van der Waals surface area (Å²) in [5.74, 6) is -1.28. The Morgan fingerprint density at radius 2 is 1.39 bits per heavy atom. The van der Waals surface area contributed by atoms with Crippen LogP contribution in [0.5, 0.6) is 0 Å². The van der Waals surface area contributed by atoms with Crippen LogP contribution >= 0.6 is 11.9 Å². The lowest BCUT2D eigenvalue weighted by molar-refractivity contribution is 0.0490. The third-order valence-electron chi connectivity index (χ3n) is 3.67. The minimum atomic E-state index is -0.758. The summed E-state index contributed by atoms with van der Waals surface area (Å²) in [5.41, 5.74) is 0.293. The van der Waals surface area contributed by atoms with Crippen LogP contribution in [0.2, 0.25) is 0 Å². The topological polar surface area (TPSA) is 52.6 Å². The highest BCUT2D eigenvalue weighted by molar-refractivity contribution is 6.17. The van der Waals surface area contributed by atoms with Crippen molar-refractivity contribution in [2.45, 2.75) is 58.3 Å². The average molecular weight is 341 g/mol. The molecule has 0 amide bonds. The molecule has 0 fully saturated rings. The second-order valence-corrected chi connectivity index (χ2v) is 5.68. The Morgan fingerprint density at radius 1 is 0.870 bits per heavy atom. The maximum absolute atomic E-state index is 12.0. The van der Waals surface area contributed by atoms with Crippen molar-refractivity contribution in [3.8, 4) is 0 Å². The molecule has 4 nitrogen and oxygen atoms in total. The predicted octanol–water partition coefficient (Wildman–Crippen LogP) is 5.29. The quantitative estimate of drug-likeness (QED) is 0.405. The Balaban J connectivity index is 2.26. The maximum atomic E-state index is 12.0. The zero-order chi connectivity index (χ0) is 16.9. The maximum Gasteiger partial charge on any atom is 0.357 e. The van der Waals surface area contributed by atoms with E-state index in [-0.39, 0.29) is 11.1 Å². The van der Waals surface area contributed by atoms with Crippen molar-refractivity contribution >= 4 is 23.8 Å². The van der Waals surface area contributed by atoms with Crippen molar-refractivity contribution in [1.82, 2.24) is 0 Å². The molecule has 0 aliphatic heterocycles. The van der Waals surface area contributed by atoms with Crippen molar-refractivity contribution < 1.29 is 18.6 Å². The standard InChI is InChI=1S/C18H25ClO4/c1-2-3-4-5-6-7-8-11-14-22-17(20)15-12-9-10-13-16(15)18(21)23-19/h9-10,12-13H,2-8,11,14H2,1H3. The molecule has 0 saturated carbocycles. The second-order valence-electron chi connectivity index (χ2n) is 5.52. The summed E-state index contributed by atoms with van der Waals surface area (Å²) in [6.07, 6.45) is 9.43. The van der Waals surface area contributed by atoms with Gasteiger partial charge in [0.05, 0.1) is 17.7 Å². The number of carbonyl (C=O) groups excluding carboxylic acids is 2. The molecular formula is C18H25ClO4. The van der Waals surface area contributed by atoms with Crippen LogP contribution in [-0.4, -0.2) is 18.5 Å². The summed E-state index contributed by atoms with van der Waals surface area (Å²) in [4.78, 5) is 23.5. The zero-order valence-corrected chi connectivity index (χ0v) is 14.4. The lowest BCUT2D eigenvalue weighted by atomic mass is 10.1. The van der Waals surface area contributed by atoms with Gasteiger partial charge in [-0.2, -0.15) is 0 Å². The second kappa shape index (κ2) is 11.9. The minimum absolute atomic E-state index is 0.114. The van der Waals surface area contributed by atoms with E-state index in [2.05, 4.69) is 11.2 Å². The Morgan fingerprint density at radius 3 is 1.96 bits per heavy atom. The number of halogens is 1. The molecule has 0 aromatic heterocycles. The highest BCUT2D eigenvalue weighted by Crippen LogP contribution is 2.13. The van der Waals surface area contributed by atoms with E-state index in [1.54, 1.807) is 12.1 Å². The van der Waals surface area contributed by atoms with E-state index in [1.807, 2.05) is 0 Å². The molecule has 0 heterocycles. The molecule has 0 bridgehead atoms. The van der Waals surface area contributed by atoms with Gasteiger partial charge in [-0.1, -0.05) is 64.0 Å². The molecule has 5 heteroatoms. The van der Waals surface area contributed by atoms with Gasteiger partial charge in [-0.25, -0.2) is 9.59 Å². The SMILES string of the molecule is CCCCCCCCCCOC(=O)c1ccccc1C(=O)OCl. The fraction of sp³-hybridized carbons (Fsp3) is 0.556. The van der Waals surface area contributed by atoms with Gasteiger partial charge in [0.25, 0.3) is 0 Å². The highest BCUT2D eigenvalue weighted by atomic mass is 35.5. The van der Waals surface area contributed by atoms with E-state index in [4.69, 9.17) is 16.6 Å². The van der Waals surface area contributed by atoms with Gasteiger partial charge in [0.15, 0.2) is 0 Å². The van der Waals surface area contributed by atoms with Crippen molar-refractivity contribution in [1.29, 1.82) is 0 Å². The molecule has 1 aromatic rings. The number of ether oxygens (including phenoxy) is 1. The first kappa shape index (κ1) is 19.5. The molecular weight excluding hydrogens is 316 g/mol. The monoisotopic (exact) mass is 340 g/mol. The summed E-state index contributed by atoms with van der Waals surface area (Å²) in [6.45, 7) is 2.57. The van der Waals surface area contributed by atoms with Crippen LogP contribution < -0.4 is 0 Å². The van der Waals surface area contributed by atoms with E-state index in [0.717, 1.165) is 19.3 Å². The average Bonchev–Trinajstić information content (AvgIpc) is 2.59. The Bertz CT molecular complexity index is 488. The molecule has 1 aromatic carbocycles. The van der Waals surface area contributed by atoms with Crippen molar-refractivity contribution in [2.24, 2.45) is 0 Å². The van der Waals surface area contributed by atoms with Crippen LogP contribution in [0.25, 0.3) is 0 Å². The first-order valence-corrected chi connectivity index (χ1v) is 8.60. The predicted molar refractivity (Wildman–Crippen MR) is 90.6 cm³/mol. The molecule has 1 rings (SSSR count). The van der Waals surface area contributed by atoms with Gasteiger partial charge >= 0.3 is 11.9 Å². The van der Waals surface area contributed by atoms with E-state index in [9.17, 15) is 9.59 Å². The molecule has 0 N–H and O–H groups in total. The van der Waals surface area contributed by atoms with Crippen LogP contribution in [-0.2, 0) is 9.03 Å². The summed E-state index contributed by atoms with van der Waals surface area (Å²) >= 11 is 5.07. The van der Waals surface area contributed by atoms with Crippen LogP contribution in [0.3, 0.4) is 0 Å². The fourth-order valence-electron chi connectivity index (χ4n) is 2.36. The van der Waals surface area contributed by atoms with E-state index in [1.165, 1.54) is 44.2 Å². The lowest BCUT2D eigenvalue weighted by Gasteiger charge is -2.07. The largest absolute Gasteiger partial charge is 0.462 e. The molecule has 0 aliphatic carbocycles. The number of rotatable bonds is 11. The minimum Gasteiger partial charge on any atom is -0.462 e. The summed E-state index contributed by atoms with van der Waals surface area (Å²) in [6, 6.07) is 6.31. The fourth-order valence-corrected chi connectivity index (χ4v) is 2.44. The van der Waals surface area contributed by atoms with Gasteiger partial charge < -0.3 is 9.03 Å². The van der Waals surface area contributed by atoms with Gasteiger partial charge in [0.2, 0.25) is 0 Å². The highest BCUT2D eigenvalue weighted by Gasteiger charge is 2.18. The van der Waals surface area contributed by atoms with Gasteiger partial charge in [-0.3, -0.25) is 0 Å². The lowest BCUT2D eigenvalue weighted by Crippen LogP contribution is -2.12. The Hall–Kier alpha value is -1.55. The zero-order valence-electron chi connectivity index (χ0n) is 13.7. The van der Waals surface area contributed by atoms with E-state index < -0.39 is 11.9 Å². The number of esters is 1. The molecule has 128 valence electrons.